The fraction of sp³-hybridized carbons (Fsp3) is 0.316. The lowest BCUT2D eigenvalue weighted by Gasteiger charge is -2.12. The van der Waals surface area contributed by atoms with Crippen LogP contribution < -0.4 is 5.32 Å². The number of amides is 1. The molecule has 1 aromatic carbocycles. The number of hydrogen-bond acceptors (Lipinski definition) is 4. The molecule has 2 aromatic heterocycles. The van der Waals surface area contributed by atoms with Gasteiger partial charge in [-0.3, -0.25) is 9.48 Å². The number of nitrogens with zero attached hydrogens (tertiary/aromatic N) is 3. The standard InChI is InChI=1S/C19H22N4OS/c1-5-23-10-17(12(2)22-23)15-6-8-16(9-7-15)19(24)20-13(3)18-11-25-14(4)21-18/h6-11,13H,5H2,1-4H3,(H,20,24)/t13-/m0/s1. The third kappa shape index (κ3) is 3.79. The summed E-state index contributed by atoms with van der Waals surface area (Å²) < 4.78 is 1.92. The fourth-order valence-corrected chi connectivity index (χ4v) is 3.40. The van der Waals surface area contributed by atoms with Crippen LogP contribution in [0, 0.1) is 13.8 Å². The van der Waals surface area contributed by atoms with Gasteiger partial charge in [-0.05, 0) is 45.4 Å². The highest BCUT2D eigenvalue weighted by atomic mass is 32.1. The largest absolute Gasteiger partial charge is 0.344 e. The molecule has 3 aromatic rings. The smallest absolute Gasteiger partial charge is 0.251 e. The minimum Gasteiger partial charge on any atom is -0.344 e. The van der Waals surface area contributed by atoms with Crippen LogP contribution in [0.1, 0.15) is 46.6 Å². The van der Waals surface area contributed by atoms with Gasteiger partial charge in [-0.25, -0.2) is 4.98 Å². The molecule has 25 heavy (non-hydrogen) atoms. The zero-order valence-electron chi connectivity index (χ0n) is 14.9. The number of carbonyl (C=O) groups is 1. The van der Waals surface area contributed by atoms with E-state index in [2.05, 4.69) is 22.3 Å². The van der Waals surface area contributed by atoms with E-state index in [1.807, 2.05) is 61.3 Å². The van der Waals surface area contributed by atoms with Crippen LogP contribution in [0.25, 0.3) is 11.1 Å². The van der Waals surface area contributed by atoms with Crippen LogP contribution in [0.2, 0.25) is 0 Å². The van der Waals surface area contributed by atoms with Crippen LogP contribution in [0.15, 0.2) is 35.8 Å². The number of aryl methyl sites for hydroxylation is 3. The molecule has 0 unspecified atom stereocenters. The van der Waals surface area contributed by atoms with Crippen LogP contribution in [-0.4, -0.2) is 20.7 Å². The van der Waals surface area contributed by atoms with Crippen LogP contribution in [-0.2, 0) is 6.54 Å². The van der Waals surface area contributed by atoms with Crippen molar-refractivity contribution in [1.29, 1.82) is 0 Å². The monoisotopic (exact) mass is 354 g/mol. The number of benzene rings is 1. The summed E-state index contributed by atoms with van der Waals surface area (Å²) in [6, 6.07) is 7.54. The van der Waals surface area contributed by atoms with Crippen LogP contribution in [0.4, 0.5) is 0 Å². The lowest BCUT2D eigenvalue weighted by molar-refractivity contribution is 0.0939. The van der Waals surface area contributed by atoms with Gasteiger partial charge in [0, 0.05) is 29.2 Å². The molecular formula is C19H22N4OS. The Bertz CT molecular complexity index is 879. The Morgan fingerprint density at radius 1 is 1.28 bits per heavy atom. The van der Waals surface area contributed by atoms with Crippen LogP contribution >= 0.6 is 11.3 Å². The quantitative estimate of drug-likeness (QED) is 0.749. The molecule has 0 saturated heterocycles. The van der Waals surface area contributed by atoms with Crippen molar-refractivity contribution in [3.05, 3.63) is 57.8 Å². The van der Waals surface area contributed by atoms with E-state index in [-0.39, 0.29) is 11.9 Å². The molecule has 130 valence electrons. The van der Waals surface area contributed by atoms with E-state index in [0.717, 1.165) is 34.1 Å². The molecule has 3 rings (SSSR count). The molecule has 0 aliphatic carbocycles. The molecule has 0 aliphatic heterocycles. The highest BCUT2D eigenvalue weighted by Gasteiger charge is 2.14. The molecule has 6 heteroatoms. The van der Waals surface area contributed by atoms with Crippen molar-refractivity contribution in [2.45, 2.75) is 40.3 Å². The van der Waals surface area contributed by atoms with Gasteiger partial charge in [0.25, 0.3) is 5.91 Å². The number of carbonyl (C=O) groups excluding carboxylic acids is 1. The highest BCUT2D eigenvalue weighted by molar-refractivity contribution is 7.09. The summed E-state index contributed by atoms with van der Waals surface area (Å²) in [6.07, 6.45) is 2.04. The molecule has 2 heterocycles. The predicted octanol–water partition coefficient (Wildman–Crippen LogP) is 4.13. The molecule has 0 aliphatic rings. The first-order chi connectivity index (χ1) is 12.0. The van der Waals surface area contributed by atoms with Gasteiger partial charge in [-0.2, -0.15) is 5.10 Å². The Kier molecular flexibility index (Phi) is 4.99. The minimum absolute atomic E-state index is 0.0920. The topological polar surface area (TPSA) is 59.8 Å². The van der Waals surface area contributed by atoms with E-state index in [1.165, 1.54) is 0 Å². The average molecular weight is 354 g/mol. The van der Waals surface area contributed by atoms with Gasteiger partial charge in [0.1, 0.15) is 0 Å². The first kappa shape index (κ1) is 17.4. The van der Waals surface area contributed by atoms with Crippen molar-refractivity contribution in [2.24, 2.45) is 0 Å². The number of thiazole rings is 1. The zero-order valence-corrected chi connectivity index (χ0v) is 15.7. The fourth-order valence-electron chi connectivity index (χ4n) is 2.70. The first-order valence-electron chi connectivity index (χ1n) is 8.35. The summed E-state index contributed by atoms with van der Waals surface area (Å²) in [7, 11) is 0. The Morgan fingerprint density at radius 3 is 2.56 bits per heavy atom. The van der Waals surface area contributed by atoms with E-state index in [1.54, 1.807) is 11.3 Å². The summed E-state index contributed by atoms with van der Waals surface area (Å²) >= 11 is 1.59. The lowest BCUT2D eigenvalue weighted by atomic mass is 10.0. The Hall–Kier alpha value is -2.47. The Morgan fingerprint density at radius 2 is 2.00 bits per heavy atom. The van der Waals surface area contributed by atoms with E-state index >= 15 is 0 Å². The van der Waals surface area contributed by atoms with Crippen molar-refractivity contribution in [3.8, 4) is 11.1 Å². The summed E-state index contributed by atoms with van der Waals surface area (Å²) in [5, 5.41) is 10.5. The van der Waals surface area contributed by atoms with Crippen LogP contribution in [0.3, 0.4) is 0 Å². The van der Waals surface area contributed by atoms with Gasteiger partial charge in [0.05, 0.1) is 22.4 Å². The number of rotatable bonds is 5. The van der Waals surface area contributed by atoms with Crippen molar-refractivity contribution in [3.63, 3.8) is 0 Å². The normalized spacial score (nSPS) is 12.2. The van der Waals surface area contributed by atoms with E-state index in [9.17, 15) is 4.79 Å². The van der Waals surface area contributed by atoms with Crippen LogP contribution in [0.5, 0.6) is 0 Å². The van der Waals surface area contributed by atoms with Gasteiger partial charge in [-0.1, -0.05) is 12.1 Å². The van der Waals surface area contributed by atoms with Gasteiger partial charge in [-0.15, -0.1) is 11.3 Å². The number of hydrogen-bond donors (Lipinski definition) is 1. The maximum Gasteiger partial charge on any atom is 0.251 e. The minimum atomic E-state index is -0.109. The molecule has 0 spiro atoms. The Labute approximate surface area is 151 Å². The van der Waals surface area contributed by atoms with Gasteiger partial charge < -0.3 is 5.32 Å². The molecule has 0 fully saturated rings. The maximum absolute atomic E-state index is 12.4. The molecule has 0 saturated carbocycles. The summed E-state index contributed by atoms with van der Waals surface area (Å²) in [4.78, 5) is 16.9. The SMILES string of the molecule is CCn1cc(-c2ccc(C(=O)N[C@@H](C)c3csc(C)n3)cc2)c(C)n1. The molecule has 1 N–H and O–H groups in total. The van der Waals surface area contributed by atoms with Gasteiger partial charge in [0.15, 0.2) is 0 Å². The van der Waals surface area contributed by atoms with Gasteiger partial charge >= 0.3 is 0 Å². The molecule has 5 nitrogen and oxygen atoms in total. The zero-order chi connectivity index (χ0) is 18.0. The number of nitrogens with one attached hydrogen (secondary N) is 1. The van der Waals surface area contributed by atoms with Crippen molar-refractivity contribution in [1.82, 2.24) is 20.1 Å². The molecule has 1 atom stereocenters. The molecule has 0 radical (unpaired) electrons. The van der Waals surface area contributed by atoms with Crippen molar-refractivity contribution in [2.75, 3.05) is 0 Å². The summed E-state index contributed by atoms with van der Waals surface area (Å²) in [6.45, 7) is 8.82. The second-order valence-corrected chi connectivity index (χ2v) is 7.11. The lowest BCUT2D eigenvalue weighted by Crippen LogP contribution is -2.26. The second kappa shape index (κ2) is 7.19. The number of aromatic nitrogens is 3. The van der Waals surface area contributed by atoms with E-state index in [0.29, 0.717) is 5.56 Å². The van der Waals surface area contributed by atoms with Gasteiger partial charge in [0.2, 0.25) is 0 Å². The molecular weight excluding hydrogens is 332 g/mol. The average Bonchev–Trinajstić information content (AvgIpc) is 3.20. The van der Waals surface area contributed by atoms with Crippen molar-refractivity contribution >= 4 is 17.2 Å². The second-order valence-electron chi connectivity index (χ2n) is 6.05. The maximum atomic E-state index is 12.4. The van der Waals surface area contributed by atoms with E-state index in [4.69, 9.17) is 0 Å². The molecule has 0 bridgehead atoms. The summed E-state index contributed by atoms with van der Waals surface area (Å²) in [5.74, 6) is -0.0920. The summed E-state index contributed by atoms with van der Waals surface area (Å²) in [5.41, 5.74) is 4.70. The third-order valence-electron chi connectivity index (χ3n) is 4.16. The Balaban J connectivity index is 1.73. The molecule has 1 amide bonds. The predicted molar refractivity (Wildman–Crippen MR) is 101 cm³/mol. The first-order valence-corrected chi connectivity index (χ1v) is 9.23. The van der Waals surface area contributed by atoms with Crippen molar-refractivity contribution < 1.29 is 4.79 Å². The highest BCUT2D eigenvalue weighted by Crippen LogP contribution is 2.23. The third-order valence-corrected chi connectivity index (χ3v) is 4.95. The van der Waals surface area contributed by atoms with E-state index < -0.39 is 0 Å².